The van der Waals surface area contributed by atoms with Gasteiger partial charge >= 0.3 is 0 Å². The Morgan fingerprint density at radius 3 is 2.79 bits per heavy atom. The lowest BCUT2D eigenvalue weighted by Crippen LogP contribution is -2.57. The number of amides is 1. The Bertz CT molecular complexity index is 203. The first-order valence-corrected chi connectivity index (χ1v) is 4.86. The molecule has 1 aliphatic rings. The van der Waals surface area contributed by atoms with Crippen LogP contribution in [-0.2, 0) is 4.79 Å². The highest BCUT2D eigenvalue weighted by Gasteiger charge is 2.34. The van der Waals surface area contributed by atoms with Crippen LogP contribution >= 0.6 is 0 Å². The second-order valence-electron chi connectivity index (χ2n) is 3.82. The van der Waals surface area contributed by atoms with Crippen LogP contribution in [0, 0.1) is 0 Å². The Morgan fingerprint density at radius 2 is 2.29 bits per heavy atom. The van der Waals surface area contributed by atoms with Gasteiger partial charge in [-0.3, -0.25) is 4.79 Å². The highest BCUT2D eigenvalue weighted by Crippen LogP contribution is 2.18. The number of carbonyl (C=O) groups is 1. The average Bonchev–Trinajstić information content (AvgIpc) is 2.15. The molecule has 3 nitrogen and oxygen atoms in total. The molecular formula is C9H16F2N2O. The maximum atomic E-state index is 11.9. The van der Waals surface area contributed by atoms with Gasteiger partial charge in [-0.1, -0.05) is 0 Å². The van der Waals surface area contributed by atoms with Crippen molar-refractivity contribution in [2.45, 2.75) is 38.2 Å². The summed E-state index contributed by atoms with van der Waals surface area (Å²) >= 11 is 0. The number of hydrogen-bond acceptors (Lipinski definition) is 2. The Morgan fingerprint density at radius 1 is 1.57 bits per heavy atom. The number of piperidine rings is 1. The second-order valence-corrected chi connectivity index (χ2v) is 3.82. The van der Waals surface area contributed by atoms with Crippen molar-refractivity contribution in [2.24, 2.45) is 0 Å². The first-order valence-electron chi connectivity index (χ1n) is 4.86. The van der Waals surface area contributed by atoms with E-state index in [1.54, 1.807) is 6.92 Å². The van der Waals surface area contributed by atoms with Crippen molar-refractivity contribution in [2.75, 3.05) is 13.1 Å². The molecule has 0 spiro atoms. The molecule has 0 aromatic rings. The van der Waals surface area contributed by atoms with Gasteiger partial charge < -0.3 is 10.6 Å². The van der Waals surface area contributed by atoms with Crippen molar-refractivity contribution in [3.05, 3.63) is 0 Å². The fourth-order valence-electron chi connectivity index (χ4n) is 1.61. The van der Waals surface area contributed by atoms with E-state index in [1.165, 1.54) is 0 Å². The molecule has 0 bridgehead atoms. The van der Waals surface area contributed by atoms with Crippen molar-refractivity contribution >= 4 is 5.91 Å². The van der Waals surface area contributed by atoms with E-state index in [1.807, 2.05) is 0 Å². The Hall–Kier alpha value is -0.710. The van der Waals surface area contributed by atoms with E-state index < -0.39 is 18.5 Å². The third-order valence-electron chi connectivity index (χ3n) is 2.54. The molecule has 1 fully saturated rings. The zero-order chi connectivity index (χ0) is 10.6. The van der Waals surface area contributed by atoms with Crippen molar-refractivity contribution in [1.82, 2.24) is 10.6 Å². The van der Waals surface area contributed by atoms with E-state index in [0.717, 1.165) is 19.4 Å². The molecule has 0 aliphatic carbocycles. The molecule has 14 heavy (non-hydrogen) atoms. The van der Waals surface area contributed by atoms with E-state index in [2.05, 4.69) is 10.6 Å². The fourth-order valence-corrected chi connectivity index (χ4v) is 1.61. The molecule has 5 heteroatoms. The fraction of sp³-hybridized carbons (Fsp3) is 0.889. The lowest BCUT2D eigenvalue weighted by molar-refractivity contribution is -0.128. The summed E-state index contributed by atoms with van der Waals surface area (Å²) in [7, 11) is 0. The Kier molecular flexibility index (Phi) is 3.80. The van der Waals surface area contributed by atoms with Crippen LogP contribution in [0.4, 0.5) is 8.78 Å². The van der Waals surface area contributed by atoms with Crippen LogP contribution in [0.2, 0.25) is 0 Å². The van der Waals surface area contributed by atoms with Gasteiger partial charge in [-0.05, 0) is 32.7 Å². The van der Waals surface area contributed by atoms with Crippen LogP contribution in [0.5, 0.6) is 0 Å². The van der Waals surface area contributed by atoms with Gasteiger partial charge in [0.2, 0.25) is 5.91 Å². The normalized spacial score (nSPS) is 27.7. The molecule has 1 rings (SSSR count). The lowest BCUT2D eigenvalue weighted by Gasteiger charge is -2.33. The number of alkyl halides is 2. The van der Waals surface area contributed by atoms with E-state index in [-0.39, 0.29) is 5.91 Å². The number of rotatable bonds is 3. The summed E-state index contributed by atoms with van der Waals surface area (Å²) in [6, 6.07) is 0. The molecule has 1 heterocycles. The second kappa shape index (κ2) is 4.68. The van der Waals surface area contributed by atoms with Crippen molar-refractivity contribution in [3.8, 4) is 0 Å². The minimum absolute atomic E-state index is 0.322. The monoisotopic (exact) mass is 206 g/mol. The van der Waals surface area contributed by atoms with Crippen LogP contribution in [0.25, 0.3) is 0 Å². The zero-order valence-corrected chi connectivity index (χ0v) is 8.28. The predicted octanol–water partition coefficient (Wildman–Crippen LogP) is 0.900. The van der Waals surface area contributed by atoms with Gasteiger partial charge in [0.15, 0.2) is 0 Å². The number of hydrogen-bond donors (Lipinski definition) is 2. The molecule has 1 aliphatic heterocycles. The minimum atomic E-state index is -2.48. The summed E-state index contributed by atoms with van der Waals surface area (Å²) < 4.78 is 23.7. The summed E-state index contributed by atoms with van der Waals surface area (Å²) in [5.41, 5.74) is -0.660. The van der Waals surface area contributed by atoms with Gasteiger partial charge in [0.05, 0.1) is 12.1 Å². The number of carbonyl (C=O) groups excluding carboxylic acids is 1. The molecular weight excluding hydrogens is 190 g/mol. The summed E-state index contributed by atoms with van der Waals surface area (Å²) in [4.78, 5) is 11.5. The summed E-state index contributed by atoms with van der Waals surface area (Å²) in [6.07, 6.45) is 0.233. The zero-order valence-electron chi connectivity index (χ0n) is 8.28. The molecule has 0 saturated carbocycles. The van der Waals surface area contributed by atoms with Gasteiger partial charge in [0, 0.05) is 0 Å². The first-order chi connectivity index (χ1) is 6.54. The van der Waals surface area contributed by atoms with Gasteiger partial charge in [-0.2, -0.15) is 0 Å². The maximum Gasteiger partial charge on any atom is 0.255 e. The van der Waals surface area contributed by atoms with Gasteiger partial charge in [0.1, 0.15) is 0 Å². The smallest absolute Gasteiger partial charge is 0.255 e. The Labute approximate surface area is 82.2 Å². The highest BCUT2D eigenvalue weighted by atomic mass is 19.3. The number of halogens is 2. The predicted molar refractivity (Wildman–Crippen MR) is 49.3 cm³/mol. The Balaban J connectivity index is 2.41. The number of nitrogens with one attached hydrogen (secondary N) is 2. The molecule has 0 radical (unpaired) electrons. The van der Waals surface area contributed by atoms with E-state index in [9.17, 15) is 13.6 Å². The van der Waals surface area contributed by atoms with Crippen LogP contribution in [0.1, 0.15) is 26.2 Å². The van der Waals surface area contributed by atoms with Gasteiger partial charge in [-0.15, -0.1) is 0 Å². The largest absolute Gasteiger partial charge is 0.349 e. The summed E-state index contributed by atoms with van der Waals surface area (Å²) in [5, 5.41) is 5.30. The highest BCUT2D eigenvalue weighted by molar-refractivity contribution is 5.85. The standard InChI is InChI=1S/C9H16F2N2O/c1-9(4-2-3-5-13-9)8(14)12-6-7(10)11/h7,13H,2-6H2,1H3,(H,12,14). The topological polar surface area (TPSA) is 41.1 Å². The summed E-state index contributed by atoms with van der Waals surface area (Å²) in [6.45, 7) is 1.97. The third kappa shape index (κ3) is 2.90. The molecule has 0 aromatic carbocycles. The van der Waals surface area contributed by atoms with Crippen LogP contribution in [-0.4, -0.2) is 31.0 Å². The van der Waals surface area contributed by atoms with Crippen LogP contribution < -0.4 is 10.6 Å². The summed E-state index contributed by atoms with van der Waals surface area (Å²) in [5.74, 6) is -0.322. The molecule has 2 N–H and O–H groups in total. The third-order valence-corrected chi connectivity index (χ3v) is 2.54. The lowest BCUT2D eigenvalue weighted by atomic mass is 9.90. The molecule has 0 aromatic heterocycles. The molecule has 82 valence electrons. The van der Waals surface area contributed by atoms with E-state index in [0.29, 0.717) is 6.42 Å². The van der Waals surface area contributed by atoms with Crippen LogP contribution in [0.15, 0.2) is 0 Å². The van der Waals surface area contributed by atoms with E-state index in [4.69, 9.17) is 0 Å². The molecule has 1 saturated heterocycles. The van der Waals surface area contributed by atoms with Crippen molar-refractivity contribution < 1.29 is 13.6 Å². The van der Waals surface area contributed by atoms with Crippen LogP contribution in [0.3, 0.4) is 0 Å². The molecule has 1 unspecified atom stereocenters. The van der Waals surface area contributed by atoms with Gasteiger partial charge in [0.25, 0.3) is 6.43 Å². The SMILES string of the molecule is CC1(C(=O)NCC(F)F)CCCCN1. The van der Waals surface area contributed by atoms with Gasteiger partial charge in [-0.25, -0.2) is 8.78 Å². The average molecular weight is 206 g/mol. The van der Waals surface area contributed by atoms with Crippen molar-refractivity contribution in [1.29, 1.82) is 0 Å². The molecule has 1 atom stereocenters. The maximum absolute atomic E-state index is 11.9. The quantitative estimate of drug-likeness (QED) is 0.720. The van der Waals surface area contributed by atoms with Crippen molar-refractivity contribution in [3.63, 3.8) is 0 Å². The van der Waals surface area contributed by atoms with E-state index >= 15 is 0 Å². The minimum Gasteiger partial charge on any atom is -0.349 e. The molecule has 1 amide bonds. The first kappa shape index (κ1) is 11.4.